The monoisotopic (exact) mass is 599 g/mol. The summed E-state index contributed by atoms with van der Waals surface area (Å²) in [7, 11) is -1.91. The van der Waals surface area contributed by atoms with Crippen LogP contribution in [0.1, 0.15) is 38.2 Å². The fourth-order valence-electron chi connectivity index (χ4n) is 5.27. The van der Waals surface area contributed by atoms with Crippen LogP contribution in [0, 0.1) is 0 Å². The van der Waals surface area contributed by atoms with Crippen LogP contribution in [-0.4, -0.2) is 108 Å². The van der Waals surface area contributed by atoms with E-state index in [-0.39, 0.29) is 31.4 Å². The standard InChI is InChI=1S/C24H29N11O4S2/c1-32-7-6-19-20(14-32)40-23(26-19)24(36)35-9-8-33(13-18(35)4-5-21-27-30-31-28-21)41(38,39)34-11-16-3-2-15(22(25)29-37)10-17(16)12-34/h2-3,10-12,18,37H,4-9,13-14H2,1H3,(H2,25,29)(H,27,28,30,31). The number of fused-ring (bicyclic) bond motifs is 2. The van der Waals surface area contributed by atoms with E-state index >= 15 is 0 Å². The summed E-state index contributed by atoms with van der Waals surface area (Å²) >= 11 is 1.42. The Morgan fingerprint density at radius 3 is 2.85 bits per heavy atom. The van der Waals surface area contributed by atoms with Crippen molar-refractivity contribution in [2.24, 2.45) is 10.9 Å². The summed E-state index contributed by atoms with van der Waals surface area (Å²) in [4.78, 5) is 23.4. The zero-order valence-electron chi connectivity index (χ0n) is 22.2. The maximum absolute atomic E-state index is 13.8. The number of tetrazole rings is 1. The fourth-order valence-corrected chi connectivity index (χ4v) is 7.85. The number of aromatic amines is 1. The molecule has 2 aliphatic rings. The molecule has 1 amide bonds. The van der Waals surface area contributed by atoms with E-state index in [1.54, 1.807) is 23.1 Å². The van der Waals surface area contributed by atoms with Gasteiger partial charge in [-0.25, -0.2) is 8.96 Å². The lowest BCUT2D eigenvalue weighted by Crippen LogP contribution is -2.57. The number of likely N-dealkylation sites (N-methyl/N-ethyl adjacent to an activating group) is 1. The highest BCUT2D eigenvalue weighted by atomic mass is 32.2. The lowest BCUT2D eigenvalue weighted by Gasteiger charge is -2.40. The Balaban J connectivity index is 1.26. The minimum Gasteiger partial charge on any atom is -0.409 e. The van der Waals surface area contributed by atoms with Gasteiger partial charge in [0.1, 0.15) is 0 Å². The molecule has 0 radical (unpaired) electrons. The predicted octanol–water partition coefficient (Wildman–Crippen LogP) is 0.246. The molecule has 3 aromatic heterocycles. The van der Waals surface area contributed by atoms with Crippen molar-refractivity contribution in [3.05, 3.63) is 57.6 Å². The largest absolute Gasteiger partial charge is 0.409 e. The number of aromatic nitrogens is 6. The molecule has 1 atom stereocenters. The minimum absolute atomic E-state index is 0.0687. The summed E-state index contributed by atoms with van der Waals surface area (Å²) in [6, 6.07) is 4.60. The molecule has 0 bridgehead atoms. The van der Waals surface area contributed by atoms with E-state index < -0.39 is 16.3 Å². The quantitative estimate of drug-likeness (QED) is 0.115. The number of amidine groups is 1. The van der Waals surface area contributed by atoms with Crippen molar-refractivity contribution in [3.63, 3.8) is 0 Å². The third-order valence-corrected chi connectivity index (χ3v) is 10.3. The van der Waals surface area contributed by atoms with E-state index in [4.69, 9.17) is 10.9 Å². The third-order valence-electron chi connectivity index (χ3n) is 7.52. The Morgan fingerprint density at radius 1 is 1.24 bits per heavy atom. The van der Waals surface area contributed by atoms with Crippen molar-refractivity contribution in [2.75, 3.05) is 33.2 Å². The molecule has 4 aromatic rings. The molecule has 1 saturated heterocycles. The number of nitrogens with two attached hydrogens (primary N) is 1. The van der Waals surface area contributed by atoms with Gasteiger partial charge in [0.25, 0.3) is 5.91 Å². The average Bonchev–Trinajstić information content (AvgIpc) is 3.74. The van der Waals surface area contributed by atoms with Crippen LogP contribution in [0.5, 0.6) is 0 Å². The Bertz CT molecular complexity index is 1710. The number of carbonyl (C=O) groups excluding carboxylic acids is 1. The van der Waals surface area contributed by atoms with Crippen molar-refractivity contribution in [1.82, 2.24) is 43.7 Å². The number of oxime groups is 1. The molecule has 1 fully saturated rings. The summed E-state index contributed by atoms with van der Waals surface area (Å²) in [5, 5.41) is 27.8. The van der Waals surface area contributed by atoms with Crippen molar-refractivity contribution >= 4 is 44.1 Å². The van der Waals surface area contributed by atoms with Gasteiger partial charge < -0.3 is 20.7 Å². The zero-order chi connectivity index (χ0) is 28.7. The molecule has 0 spiro atoms. The van der Waals surface area contributed by atoms with E-state index in [2.05, 4.69) is 35.7 Å². The predicted molar refractivity (Wildman–Crippen MR) is 150 cm³/mol. The first kappa shape index (κ1) is 27.3. The molecule has 41 heavy (non-hydrogen) atoms. The highest BCUT2D eigenvalue weighted by Gasteiger charge is 2.38. The first-order chi connectivity index (χ1) is 19.7. The molecule has 0 saturated carbocycles. The lowest BCUT2D eigenvalue weighted by molar-refractivity contribution is 0.0549. The highest BCUT2D eigenvalue weighted by molar-refractivity contribution is 7.87. The van der Waals surface area contributed by atoms with Gasteiger partial charge in [-0.1, -0.05) is 22.5 Å². The van der Waals surface area contributed by atoms with Gasteiger partial charge in [0.2, 0.25) is 0 Å². The van der Waals surface area contributed by atoms with E-state index in [1.807, 2.05) is 7.05 Å². The number of H-pyrrole nitrogens is 1. The Labute approximate surface area is 239 Å². The Kier molecular flexibility index (Phi) is 7.18. The number of carbonyl (C=O) groups is 1. The molecule has 4 N–H and O–H groups in total. The van der Waals surface area contributed by atoms with E-state index in [1.165, 1.54) is 32.0 Å². The average molecular weight is 600 g/mol. The first-order valence-electron chi connectivity index (χ1n) is 13.0. The van der Waals surface area contributed by atoms with E-state index in [0.717, 1.165) is 30.1 Å². The number of nitrogens with zero attached hydrogens (tertiary/aromatic N) is 9. The summed E-state index contributed by atoms with van der Waals surface area (Å²) in [5.74, 6) is 0.230. The molecule has 0 aliphatic carbocycles. The SMILES string of the molecule is CN1CCc2nc(C(=O)N3CCN(S(=O)(=O)n4cc5ccc(C(N)=NO)cc5c4)CC3CCc3nn[nH]n3)sc2C1. The van der Waals surface area contributed by atoms with Crippen LogP contribution in [0.2, 0.25) is 0 Å². The van der Waals surface area contributed by atoms with Crippen molar-refractivity contribution in [1.29, 1.82) is 0 Å². The number of hydrogen-bond donors (Lipinski definition) is 3. The number of amides is 1. The number of aryl methyl sites for hydroxylation is 1. The van der Waals surface area contributed by atoms with E-state index in [9.17, 15) is 13.2 Å². The zero-order valence-corrected chi connectivity index (χ0v) is 23.8. The summed E-state index contributed by atoms with van der Waals surface area (Å²) < 4.78 is 30.1. The normalized spacial score (nSPS) is 19.1. The van der Waals surface area contributed by atoms with Crippen molar-refractivity contribution < 1.29 is 18.4 Å². The van der Waals surface area contributed by atoms with Crippen molar-refractivity contribution in [2.45, 2.75) is 31.8 Å². The van der Waals surface area contributed by atoms with E-state index in [0.29, 0.717) is 40.0 Å². The molecule has 216 valence electrons. The number of thiazole rings is 1. The van der Waals surface area contributed by atoms with Crippen LogP contribution in [0.4, 0.5) is 0 Å². The number of hydrogen-bond acceptors (Lipinski definition) is 11. The number of rotatable bonds is 7. The molecular weight excluding hydrogens is 570 g/mol. The maximum Gasteiger partial charge on any atom is 0.307 e. The van der Waals surface area contributed by atoms with Crippen molar-refractivity contribution in [3.8, 4) is 0 Å². The Morgan fingerprint density at radius 2 is 2.07 bits per heavy atom. The lowest BCUT2D eigenvalue weighted by atomic mass is 10.1. The summed E-state index contributed by atoms with van der Waals surface area (Å²) in [5.41, 5.74) is 7.14. The van der Waals surface area contributed by atoms with Gasteiger partial charge in [-0.2, -0.15) is 17.9 Å². The third kappa shape index (κ3) is 5.28. The smallest absolute Gasteiger partial charge is 0.307 e. The second-order valence-corrected chi connectivity index (χ2v) is 13.1. The second-order valence-electron chi connectivity index (χ2n) is 10.2. The maximum atomic E-state index is 13.8. The van der Waals surface area contributed by atoms with Gasteiger partial charge in [-0.15, -0.1) is 21.5 Å². The van der Waals surface area contributed by atoms with Crippen LogP contribution < -0.4 is 5.73 Å². The molecule has 1 unspecified atom stereocenters. The van der Waals surface area contributed by atoms with Crippen LogP contribution in [-0.2, 0) is 29.6 Å². The second kappa shape index (κ2) is 10.8. The van der Waals surface area contributed by atoms with Gasteiger partial charge in [0.05, 0.1) is 5.69 Å². The summed E-state index contributed by atoms with van der Waals surface area (Å²) in [6.45, 7) is 2.10. The van der Waals surface area contributed by atoms with Gasteiger partial charge in [-0.05, 0) is 19.5 Å². The highest BCUT2D eigenvalue weighted by Crippen LogP contribution is 2.28. The molecular formula is C24H29N11O4S2. The van der Waals surface area contributed by atoms with Gasteiger partial charge in [0.15, 0.2) is 16.7 Å². The summed E-state index contributed by atoms with van der Waals surface area (Å²) in [6.07, 6.45) is 4.70. The number of piperazine rings is 1. The molecule has 15 nitrogen and oxygen atoms in total. The topological polar surface area (TPSA) is 192 Å². The molecule has 17 heteroatoms. The molecule has 6 rings (SSSR count). The fraction of sp³-hybridized carbons (Fsp3) is 0.417. The van der Waals surface area contributed by atoms with Crippen LogP contribution >= 0.6 is 11.3 Å². The van der Waals surface area contributed by atoms with Gasteiger partial charge >= 0.3 is 10.2 Å². The van der Waals surface area contributed by atoms with Crippen LogP contribution in [0.3, 0.4) is 0 Å². The van der Waals surface area contributed by atoms with Gasteiger partial charge in [-0.3, -0.25) is 4.79 Å². The molecule has 2 aliphatic heterocycles. The molecule has 1 aromatic carbocycles. The van der Waals surface area contributed by atoms with Crippen LogP contribution in [0.15, 0.2) is 35.7 Å². The molecule has 5 heterocycles. The van der Waals surface area contributed by atoms with Gasteiger partial charge in [0, 0.05) is 85.2 Å². The number of nitrogens with one attached hydrogen (secondary N) is 1. The first-order valence-corrected chi connectivity index (χ1v) is 15.2. The Hall–Kier alpha value is -3.93. The van der Waals surface area contributed by atoms with Crippen LogP contribution in [0.25, 0.3) is 10.8 Å². The minimum atomic E-state index is -3.96. The number of benzene rings is 1.